The summed E-state index contributed by atoms with van der Waals surface area (Å²) in [5.74, 6) is 0.272. The van der Waals surface area contributed by atoms with E-state index < -0.39 is 12.0 Å². The van der Waals surface area contributed by atoms with E-state index >= 15 is 0 Å². The second-order valence-corrected chi connectivity index (χ2v) is 7.07. The van der Waals surface area contributed by atoms with Crippen LogP contribution in [0.3, 0.4) is 0 Å². The fourth-order valence-corrected chi connectivity index (χ4v) is 3.94. The van der Waals surface area contributed by atoms with Gasteiger partial charge in [0.2, 0.25) is 6.10 Å². The highest BCUT2D eigenvalue weighted by Crippen LogP contribution is 2.31. The quantitative estimate of drug-likeness (QED) is 0.631. The van der Waals surface area contributed by atoms with E-state index in [0.717, 1.165) is 10.2 Å². The number of esters is 1. The molecule has 1 amide bonds. The first kappa shape index (κ1) is 18.2. The van der Waals surface area contributed by atoms with Crippen LogP contribution in [0.25, 0.3) is 10.2 Å². The lowest BCUT2D eigenvalue weighted by atomic mass is 10.2. The maximum absolute atomic E-state index is 12.7. The first-order valence-electron chi connectivity index (χ1n) is 8.86. The second-order valence-electron chi connectivity index (χ2n) is 6.06. The number of rotatable bonds is 4. The van der Waals surface area contributed by atoms with Gasteiger partial charge in [0.1, 0.15) is 13.2 Å². The molecule has 0 radical (unpaired) electrons. The summed E-state index contributed by atoms with van der Waals surface area (Å²) in [5.41, 5.74) is 0.818. The Hall–Kier alpha value is -3.13. The van der Waals surface area contributed by atoms with Gasteiger partial charge in [0, 0.05) is 0 Å². The van der Waals surface area contributed by atoms with Crippen molar-refractivity contribution in [1.29, 1.82) is 0 Å². The molecule has 1 aliphatic heterocycles. The number of carbonyl (C=O) groups is 2. The van der Waals surface area contributed by atoms with Crippen LogP contribution in [0.4, 0.5) is 0 Å². The summed E-state index contributed by atoms with van der Waals surface area (Å²) < 4.78 is 19.0. The van der Waals surface area contributed by atoms with Crippen LogP contribution in [-0.4, -0.2) is 35.8 Å². The van der Waals surface area contributed by atoms with Crippen molar-refractivity contribution in [2.75, 3.05) is 13.2 Å². The number of fused-ring (bicyclic) bond motifs is 2. The number of hydrogen-bond donors (Lipinski definition) is 0. The van der Waals surface area contributed by atoms with E-state index in [1.807, 2.05) is 36.4 Å². The van der Waals surface area contributed by atoms with Gasteiger partial charge in [0.15, 0.2) is 16.3 Å². The van der Waals surface area contributed by atoms with Gasteiger partial charge in [-0.05, 0) is 31.2 Å². The minimum absolute atomic E-state index is 0.0190. The molecular weight excluding hydrogens is 380 g/mol. The molecule has 3 aromatic rings. The lowest BCUT2D eigenvalue weighted by Gasteiger charge is -2.23. The fraction of sp³-hybridized carbons (Fsp3) is 0.250. The van der Waals surface area contributed by atoms with Crippen molar-refractivity contribution >= 4 is 33.4 Å². The average Bonchev–Trinajstić information content (AvgIpc) is 3.05. The topological polar surface area (TPSA) is 79.1 Å². The van der Waals surface area contributed by atoms with Gasteiger partial charge in [-0.15, -0.1) is 0 Å². The van der Waals surface area contributed by atoms with E-state index in [1.54, 1.807) is 23.6 Å². The molecule has 0 saturated heterocycles. The van der Waals surface area contributed by atoms with Gasteiger partial charge in [-0.25, -0.2) is 0 Å². The molecule has 8 heteroatoms. The Labute approximate surface area is 164 Å². The van der Waals surface area contributed by atoms with E-state index in [2.05, 4.69) is 4.99 Å². The molecule has 2 heterocycles. The molecule has 144 valence electrons. The first-order valence-corrected chi connectivity index (χ1v) is 9.68. The molecule has 28 heavy (non-hydrogen) atoms. The molecule has 0 bridgehead atoms. The van der Waals surface area contributed by atoms with Gasteiger partial charge in [0.05, 0.1) is 16.8 Å². The van der Waals surface area contributed by atoms with E-state index in [-0.39, 0.29) is 19.1 Å². The Morgan fingerprint density at radius 1 is 1.18 bits per heavy atom. The molecule has 0 fully saturated rings. The summed E-state index contributed by atoms with van der Waals surface area (Å²) in [4.78, 5) is 29.4. The Balaban J connectivity index is 1.67. The molecule has 1 aromatic heterocycles. The third-order valence-electron chi connectivity index (χ3n) is 4.17. The van der Waals surface area contributed by atoms with Crippen molar-refractivity contribution in [3.05, 3.63) is 53.3 Å². The number of carbonyl (C=O) groups excluding carboxylic acids is 2. The molecule has 4 rings (SSSR count). The monoisotopic (exact) mass is 398 g/mol. The summed E-state index contributed by atoms with van der Waals surface area (Å²) in [7, 11) is 0. The van der Waals surface area contributed by atoms with Crippen molar-refractivity contribution in [2.45, 2.75) is 19.6 Å². The number of ether oxygens (including phenoxy) is 3. The number of hydrogen-bond acceptors (Lipinski definition) is 6. The third kappa shape index (κ3) is 3.63. The molecule has 2 aromatic carbocycles. The van der Waals surface area contributed by atoms with E-state index in [4.69, 9.17) is 14.2 Å². The Morgan fingerprint density at radius 3 is 2.75 bits per heavy atom. The molecule has 0 N–H and O–H groups in total. The number of para-hydroxylation sites is 3. The number of thiazole rings is 1. The van der Waals surface area contributed by atoms with Gasteiger partial charge < -0.3 is 18.8 Å². The number of amides is 1. The summed E-state index contributed by atoms with van der Waals surface area (Å²) in [6, 6.07) is 14.7. The molecule has 0 saturated carbocycles. The van der Waals surface area contributed by atoms with Gasteiger partial charge >= 0.3 is 5.97 Å². The Bertz CT molecular complexity index is 1100. The molecule has 1 atom stereocenters. The third-order valence-corrected chi connectivity index (χ3v) is 5.23. The average molecular weight is 398 g/mol. The van der Waals surface area contributed by atoms with Gasteiger partial charge in [-0.2, -0.15) is 4.99 Å². The van der Waals surface area contributed by atoms with Crippen molar-refractivity contribution in [1.82, 2.24) is 4.57 Å². The van der Waals surface area contributed by atoms with E-state index in [9.17, 15) is 9.59 Å². The zero-order chi connectivity index (χ0) is 19.5. The predicted octanol–water partition coefficient (Wildman–Crippen LogP) is 2.53. The molecule has 1 unspecified atom stereocenters. The van der Waals surface area contributed by atoms with Crippen LogP contribution < -0.4 is 14.3 Å². The summed E-state index contributed by atoms with van der Waals surface area (Å²) in [6.07, 6.45) is -0.837. The number of aromatic nitrogens is 1. The molecule has 0 aliphatic carbocycles. The van der Waals surface area contributed by atoms with Crippen LogP contribution in [0.2, 0.25) is 0 Å². The lowest BCUT2D eigenvalue weighted by Crippen LogP contribution is -2.37. The summed E-state index contributed by atoms with van der Waals surface area (Å²) in [6.45, 7) is 2.11. The van der Waals surface area contributed by atoms with Crippen LogP contribution in [0.15, 0.2) is 53.5 Å². The van der Waals surface area contributed by atoms with Crippen molar-refractivity contribution in [3.8, 4) is 11.5 Å². The van der Waals surface area contributed by atoms with Crippen LogP contribution in [0.1, 0.15) is 6.92 Å². The highest BCUT2D eigenvalue weighted by molar-refractivity contribution is 7.16. The van der Waals surface area contributed by atoms with Crippen molar-refractivity contribution < 1.29 is 23.8 Å². The maximum atomic E-state index is 12.7. The lowest BCUT2D eigenvalue weighted by molar-refractivity contribution is -0.143. The second kappa shape index (κ2) is 7.85. The zero-order valence-electron chi connectivity index (χ0n) is 15.2. The van der Waals surface area contributed by atoms with Crippen LogP contribution in [0.5, 0.6) is 11.5 Å². The SMILES string of the molecule is CCOC(=O)Cn1c(=NC(=O)C2COc3ccccc3O2)sc2ccccc21. The van der Waals surface area contributed by atoms with E-state index in [1.165, 1.54) is 11.3 Å². The normalized spacial score (nSPS) is 16.2. The highest BCUT2D eigenvalue weighted by Gasteiger charge is 2.27. The number of nitrogens with zero attached hydrogens (tertiary/aromatic N) is 2. The predicted molar refractivity (Wildman–Crippen MR) is 103 cm³/mol. The molecule has 1 aliphatic rings. The van der Waals surface area contributed by atoms with Crippen LogP contribution >= 0.6 is 11.3 Å². The summed E-state index contributed by atoms with van der Waals surface area (Å²) in [5, 5.41) is 0. The van der Waals surface area contributed by atoms with Crippen LogP contribution in [0, 0.1) is 0 Å². The van der Waals surface area contributed by atoms with Gasteiger partial charge in [0.25, 0.3) is 5.91 Å². The molecular formula is C20H18N2O5S. The van der Waals surface area contributed by atoms with Gasteiger partial charge in [-0.3, -0.25) is 9.59 Å². The minimum atomic E-state index is -0.837. The largest absolute Gasteiger partial charge is 0.485 e. The Morgan fingerprint density at radius 2 is 1.93 bits per heavy atom. The molecule has 0 spiro atoms. The minimum Gasteiger partial charge on any atom is -0.485 e. The summed E-state index contributed by atoms with van der Waals surface area (Å²) >= 11 is 1.33. The van der Waals surface area contributed by atoms with Gasteiger partial charge in [-0.1, -0.05) is 35.6 Å². The van der Waals surface area contributed by atoms with E-state index in [0.29, 0.717) is 22.9 Å². The van der Waals surface area contributed by atoms with Crippen molar-refractivity contribution in [2.24, 2.45) is 4.99 Å². The standard InChI is InChI=1S/C20H18N2O5S/c1-2-25-18(23)11-22-13-7-3-6-10-17(13)28-20(22)21-19(24)16-12-26-14-8-4-5-9-15(14)27-16/h3-10,16H,2,11-12H2,1H3. The Kier molecular flexibility index (Phi) is 5.12. The molecule has 7 nitrogen and oxygen atoms in total. The fourth-order valence-electron chi connectivity index (χ4n) is 2.90. The number of benzene rings is 2. The van der Waals surface area contributed by atoms with Crippen LogP contribution in [-0.2, 0) is 20.9 Å². The van der Waals surface area contributed by atoms with Crippen molar-refractivity contribution in [3.63, 3.8) is 0 Å². The zero-order valence-corrected chi connectivity index (χ0v) is 16.0. The smallest absolute Gasteiger partial charge is 0.326 e. The maximum Gasteiger partial charge on any atom is 0.326 e. The first-order chi connectivity index (χ1) is 13.7. The highest BCUT2D eigenvalue weighted by atomic mass is 32.1.